The van der Waals surface area contributed by atoms with E-state index in [1.54, 1.807) is 48.1 Å². The first-order valence-electron chi connectivity index (χ1n) is 14.4. The van der Waals surface area contributed by atoms with Crippen molar-refractivity contribution in [2.45, 2.75) is 6.92 Å². The van der Waals surface area contributed by atoms with Crippen LogP contribution in [0.3, 0.4) is 0 Å². The third-order valence-corrected chi connectivity index (χ3v) is 7.52. The second-order valence-electron chi connectivity index (χ2n) is 10.7. The monoisotopic (exact) mass is 630 g/mol. The van der Waals surface area contributed by atoms with Crippen molar-refractivity contribution in [3.63, 3.8) is 0 Å². The van der Waals surface area contributed by atoms with Gasteiger partial charge in [-0.2, -0.15) is 0 Å². The number of aromatic amines is 1. The first-order valence-corrected chi connectivity index (χ1v) is 14.4. The van der Waals surface area contributed by atoms with Gasteiger partial charge >= 0.3 is 0 Å². The topological polar surface area (TPSA) is 123 Å². The van der Waals surface area contributed by atoms with Gasteiger partial charge in [-0.1, -0.05) is 18.2 Å². The van der Waals surface area contributed by atoms with Gasteiger partial charge in [-0.25, -0.2) is 13.8 Å². The number of carbonyl (C=O) groups is 2. The van der Waals surface area contributed by atoms with E-state index < -0.39 is 23.1 Å². The number of amides is 2. The number of ether oxygens (including phenoxy) is 1. The molecule has 0 aliphatic rings. The smallest absolute Gasteiger partial charge is 0.268 e. The Morgan fingerprint density at radius 1 is 0.851 bits per heavy atom. The summed E-state index contributed by atoms with van der Waals surface area (Å²) in [6.07, 6.45) is 4.84. The summed E-state index contributed by atoms with van der Waals surface area (Å²) in [7, 11) is 0. The van der Waals surface area contributed by atoms with Gasteiger partial charge in [0, 0.05) is 40.2 Å². The van der Waals surface area contributed by atoms with Crippen molar-refractivity contribution in [2.24, 2.45) is 0 Å². The molecular formula is C35H24F2N6O4. The molecule has 10 nitrogen and oxygen atoms in total. The van der Waals surface area contributed by atoms with E-state index in [-0.39, 0.29) is 22.9 Å². The summed E-state index contributed by atoms with van der Waals surface area (Å²) >= 11 is 0. The van der Waals surface area contributed by atoms with Crippen molar-refractivity contribution in [3.05, 3.63) is 148 Å². The number of hydrogen-bond acceptors (Lipinski definition) is 5. The molecule has 0 unspecified atom stereocenters. The number of anilines is 2. The van der Waals surface area contributed by atoms with Crippen molar-refractivity contribution in [3.8, 4) is 17.2 Å². The number of aromatic nitrogens is 4. The van der Waals surface area contributed by atoms with Crippen LogP contribution < -0.4 is 20.9 Å². The Balaban J connectivity index is 1.05. The number of carbonyl (C=O) groups excluding carboxylic acids is 2. The molecule has 0 fully saturated rings. The maximum Gasteiger partial charge on any atom is 0.268 e. The Labute approximate surface area is 264 Å². The number of nitrogens with zero attached hydrogens (tertiary/aromatic N) is 3. The summed E-state index contributed by atoms with van der Waals surface area (Å²) in [5.74, 6) is -1.77. The zero-order valence-corrected chi connectivity index (χ0v) is 24.6. The summed E-state index contributed by atoms with van der Waals surface area (Å²) in [5, 5.41) is 6.13. The van der Waals surface area contributed by atoms with Gasteiger partial charge in [0.1, 0.15) is 22.8 Å². The first kappa shape index (κ1) is 29.2. The molecule has 0 radical (unpaired) electrons. The van der Waals surface area contributed by atoms with Gasteiger partial charge in [0.2, 0.25) is 0 Å². The highest BCUT2D eigenvalue weighted by Crippen LogP contribution is 2.28. The average Bonchev–Trinajstić information content (AvgIpc) is 3.67. The zero-order valence-electron chi connectivity index (χ0n) is 24.6. The minimum Gasteiger partial charge on any atom is -0.453 e. The fourth-order valence-electron chi connectivity index (χ4n) is 5.24. The number of hydrogen-bond donors (Lipinski definition) is 3. The molecule has 4 aromatic heterocycles. The molecule has 2 amide bonds. The lowest BCUT2D eigenvalue weighted by molar-refractivity contribution is 0.101. The van der Waals surface area contributed by atoms with Gasteiger partial charge in [-0.15, -0.1) is 0 Å². The van der Waals surface area contributed by atoms with Crippen molar-refractivity contribution >= 4 is 39.9 Å². The predicted molar refractivity (Wildman–Crippen MR) is 173 cm³/mol. The Morgan fingerprint density at radius 3 is 2.45 bits per heavy atom. The van der Waals surface area contributed by atoms with Crippen LogP contribution in [0.4, 0.5) is 20.3 Å². The molecular weight excluding hydrogens is 606 g/mol. The SMILES string of the molecule is Cc1ccc(C(=O)Nc2ccc(Oc3ccc4nc(NC(=O)c5c[nH]c6ccccc56)cn4c3)c(F)c2)c(=O)n1-c1ccc(F)cc1. The van der Waals surface area contributed by atoms with E-state index in [4.69, 9.17) is 4.74 Å². The van der Waals surface area contributed by atoms with Gasteiger partial charge in [0.05, 0.1) is 18.0 Å². The highest BCUT2D eigenvalue weighted by Gasteiger charge is 2.17. The van der Waals surface area contributed by atoms with Crippen LogP contribution in [0.5, 0.6) is 11.5 Å². The maximum absolute atomic E-state index is 15.1. The van der Waals surface area contributed by atoms with E-state index in [1.165, 1.54) is 47.0 Å². The summed E-state index contributed by atoms with van der Waals surface area (Å²) in [6, 6.07) is 22.9. The molecule has 3 aromatic carbocycles. The lowest BCUT2D eigenvalue weighted by Gasteiger charge is -2.13. The van der Waals surface area contributed by atoms with Crippen LogP contribution in [-0.2, 0) is 0 Å². The number of benzene rings is 3. The van der Waals surface area contributed by atoms with E-state index in [0.717, 1.165) is 17.0 Å². The summed E-state index contributed by atoms with van der Waals surface area (Å²) in [5.41, 5.74) is 2.13. The number of para-hydroxylation sites is 1. The second-order valence-corrected chi connectivity index (χ2v) is 10.7. The molecule has 0 saturated heterocycles. The quantitative estimate of drug-likeness (QED) is 0.178. The molecule has 0 aliphatic carbocycles. The van der Waals surface area contributed by atoms with Crippen molar-refractivity contribution in [1.29, 1.82) is 0 Å². The van der Waals surface area contributed by atoms with Crippen LogP contribution in [-0.4, -0.2) is 30.8 Å². The normalized spacial score (nSPS) is 11.1. The van der Waals surface area contributed by atoms with E-state index in [0.29, 0.717) is 34.2 Å². The number of pyridine rings is 2. The van der Waals surface area contributed by atoms with Gasteiger partial charge < -0.3 is 24.8 Å². The molecule has 0 atom stereocenters. The Hall–Kier alpha value is -6.56. The second kappa shape index (κ2) is 11.7. The van der Waals surface area contributed by atoms with Crippen LogP contribution >= 0.6 is 0 Å². The molecule has 232 valence electrons. The first-order chi connectivity index (χ1) is 22.7. The Morgan fingerprint density at radius 2 is 1.64 bits per heavy atom. The average molecular weight is 631 g/mol. The van der Waals surface area contributed by atoms with Crippen LogP contribution in [0, 0.1) is 18.6 Å². The molecule has 7 rings (SSSR count). The van der Waals surface area contributed by atoms with Gasteiger partial charge in [-0.3, -0.25) is 19.0 Å². The van der Waals surface area contributed by atoms with E-state index in [2.05, 4.69) is 20.6 Å². The molecule has 0 saturated carbocycles. The molecule has 0 spiro atoms. The predicted octanol–water partition coefficient (Wildman–Crippen LogP) is 6.85. The van der Waals surface area contributed by atoms with Crippen molar-refractivity contribution in [2.75, 3.05) is 10.6 Å². The number of fused-ring (bicyclic) bond motifs is 2. The van der Waals surface area contributed by atoms with Crippen LogP contribution in [0.15, 0.2) is 114 Å². The van der Waals surface area contributed by atoms with E-state index in [1.807, 2.05) is 24.3 Å². The van der Waals surface area contributed by atoms with Crippen LogP contribution in [0.2, 0.25) is 0 Å². The van der Waals surface area contributed by atoms with Crippen LogP contribution in [0.25, 0.3) is 22.2 Å². The molecule has 4 heterocycles. The lowest BCUT2D eigenvalue weighted by atomic mass is 10.1. The standard InChI is InChI=1S/C35H24F2N6O4/c1-20-6-13-26(35(46)43(20)23-10-7-21(36)8-11-23)33(44)39-22-9-14-30(28(37)16-22)47-24-12-15-32-40-31(19-42(32)18-24)41-34(45)27-17-38-29-5-3-2-4-25(27)29/h2-19,38H,1H3,(H,39,44)(H,41,45). The third-order valence-electron chi connectivity index (χ3n) is 7.52. The fraction of sp³-hybridized carbons (Fsp3) is 0.0286. The minimum absolute atomic E-state index is 0.105. The molecule has 47 heavy (non-hydrogen) atoms. The number of imidazole rings is 1. The maximum atomic E-state index is 15.1. The molecule has 7 aromatic rings. The van der Waals surface area contributed by atoms with Gasteiger partial charge in [0.25, 0.3) is 17.4 Å². The summed E-state index contributed by atoms with van der Waals surface area (Å²) < 4.78 is 37.2. The fourth-order valence-corrected chi connectivity index (χ4v) is 5.24. The zero-order chi connectivity index (χ0) is 32.7. The minimum atomic E-state index is -0.757. The largest absolute Gasteiger partial charge is 0.453 e. The number of H-pyrrole nitrogens is 1. The Kier molecular flexibility index (Phi) is 7.29. The molecule has 3 N–H and O–H groups in total. The third kappa shape index (κ3) is 5.71. The molecule has 0 bridgehead atoms. The molecule has 0 aliphatic heterocycles. The lowest BCUT2D eigenvalue weighted by Crippen LogP contribution is -2.29. The number of halogens is 2. The van der Waals surface area contributed by atoms with Gasteiger partial charge in [0.15, 0.2) is 17.4 Å². The highest BCUT2D eigenvalue weighted by atomic mass is 19.1. The van der Waals surface area contributed by atoms with E-state index in [9.17, 15) is 18.8 Å². The van der Waals surface area contributed by atoms with Crippen molar-refractivity contribution in [1.82, 2.24) is 18.9 Å². The number of rotatable bonds is 7. The van der Waals surface area contributed by atoms with Crippen molar-refractivity contribution < 1.29 is 23.1 Å². The highest BCUT2D eigenvalue weighted by molar-refractivity contribution is 6.12. The number of aryl methyl sites for hydroxylation is 1. The van der Waals surface area contributed by atoms with Gasteiger partial charge in [-0.05, 0) is 73.7 Å². The summed E-state index contributed by atoms with van der Waals surface area (Å²) in [6.45, 7) is 1.69. The number of nitrogens with one attached hydrogen (secondary N) is 3. The van der Waals surface area contributed by atoms with E-state index >= 15 is 4.39 Å². The molecule has 12 heteroatoms. The summed E-state index contributed by atoms with van der Waals surface area (Å²) in [4.78, 5) is 46.6. The van der Waals surface area contributed by atoms with Crippen LogP contribution in [0.1, 0.15) is 26.4 Å². The Bertz CT molecular complexity index is 2390.